The van der Waals surface area contributed by atoms with Crippen LogP contribution in [0.3, 0.4) is 0 Å². The third-order valence-electron chi connectivity index (χ3n) is 1.90. The Balaban J connectivity index is 2.51. The fraction of sp³-hybridized carbons (Fsp3) is 0. The fourth-order valence-corrected chi connectivity index (χ4v) is 1.70. The molecular weight excluding hydrogens is 251 g/mol. The van der Waals surface area contributed by atoms with E-state index in [0.29, 0.717) is 15.6 Å². The van der Waals surface area contributed by atoms with Gasteiger partial charge in [0.05, 0.1) is 5.02 Å². The summed E-state index contributed by atoms with van der Waals surface area (Å²) in [6.45, 7) is 0. The Morgan fingerprint density at radius 3 is 2.75 bits per heavy atom. The van der Waals surface area contributed by atoms with E-state index >= 15 is 0 Å². The van der Waals surface area contributed by atoms with Crippen molar-refractivity contribution in [3.8, 4) is 0 Å². The van der Waals surface area contributed by atoms with E-state index in [2.05, 4.69) is 15.2 Å². The lowest BCUT2D eigenvalue weighted by atomic mass is 10.2. The highest BCUT2D eigenvalue weighted by atomic mass is 35.5. The minimum Gasteiger partial charge on any atom is -0.409 e. The molecule has 1 heterocycles. The summed E-state index contributed by atoms with van der Waals surface area (Å²) in [5.41, 5.74) is 0.513. The van der Waals surface area contributed by atoms with Crippen LogP contribution in [0.2, 0.25) is 10.0 Å². The zero-order chi connectivity index (χ0) is 11.5. The molecule has 0 spiro atoms. The number of halogens is 2. The summed E-state index contributed by atoms with van der Waals surface area (Å²) < 4.78 is 1.30. The molecule has 2 rings (SSSR count). The van der Waals surface area contributed by atoms with E-state index in [4.69, 9.17) is 28.4 Å². The number of hydrogen-bond donors (Lipinski definition) is 1. The molecule has 0 amide bonds. The molecule has 0 aliphatic rings. The van der Waals surface area contributed by atoms with Crippen molar-refractivity contribution in [2.24, 2.45) is 5.16 Å². The molecule has 0 atom stereocenters. The third-order valence-corrected chi connectivity index (χ3v) is 2.45. The molecular formula is C9H6Cl2N4O. The standard InChI is InChI=1S/C9H6Cl2N4O/c10-6-1-2-7(8(11)3-6)9(14-16)15-5-12-4-13-15/h1-5,16H/b14-9-. The molecule has 1 aromatic heterocycles. The van der Waals surface area contributed by atoms with Crippen molar-refractivity contribution in [1.29, 1.82) is 0 Å². The molecule has 0 fully saturated rings. The van der Waals surface area contributed by atoms with Crippen molar-refractivity contribution in [2.45, 2.75) is 0 Å². The molecule has 1 N–H and O–H groups in total. The Hall–Kier alpha value is -1.59. The van der Waals surface area contributed by atoms with Gasteiger partial charge in [-0.25, -0.2) is 4.98 Å². The van der Waals surface area contributed by atoms with Gasteiger partial charge in [-0.15, -0.1) is 0 Å². The molecule has 0 aliphatic carbocycles. The van der Waals surface area contributed by atoms with Crippen LogP contribution in [-0.2, 0) is 0 Å². The maximum absolute atomic E-state index is 8.95. The van der Waals surface area contributed by atoms with E-state index in [1.165, 1.54) is 17.3 Å². The van der Waals surface area contributed by atoms with Gasteiger partial charge in [0.1, 0.15) is 12.7 Å². The monoisotopic (exact) mass is 256 g/mol. The van der Waals surface area contributed by atoms with Gasteiger partial charge in [-0.3, -0.25) is 0 Å². The van der Waals surface area contributed by atoms with Crippen molar-refractivity contribution in [3.63, 3.8) is 0 Å². The second kappa shape index (κ2) is 4.51. The highest BCUT2D eigenvalue weighted by molar-refractivity contribution is 6.37. The van der Waals surface area contributed by atoms with Gasteiger partial charge < -0.3 is 5.21 Å². The van der Waals surface area contributed by atoms with Crippen molar-refractivity contribution in [2.75, 3.05) is 0 Å². The Morgan fingerprint density at radius 2 is 2.19 bits per heavy atom. The van der Waals surface area contributed by atoms with Gasteiger partial charge in [0.15, 0.2) is 0 Å². The Kier molecular flexibility index (Phi) is 3.07. The van der Waals surface area contributed by atoms with Gasteiger partial charge in [-0.1, -0.05) is 28.4 Å². The number of aromatic nitrogens is 3. The maximum atomic E-state index is 8.95. The lowest BCUT2D eigenvalue weighted by Gasteiger charge is -2.05. The van der Waals surface area contributed by atoms with E-state index in [9.17, 15) is 0 Å². The molecule has 0 saturated carbocycles. The highest BCUT2D eigenvalue weighted by Crippen LogP contribution is 2.21. The Bertz CT molecular complexity index is 524. The topological polar surface area (TPSA) is 63.3 Å². The summed E-state index contributed by atoms with van der Waals surface area (Å²) >= 11 is 11.8. The zero-order valence-electron chi connectivity index (χ0n) is 7.88. The average molecular weight is 257 g/mol. The van der Waals surface area contributed by atoms with Crippen LogP contribution in [0.4, 0.5) is 0 Å². The van der Waals surface area contributed by atoms with E-state index in [-0.39, 0.29) is 5.84 Å². The molecule has 0 aliphatic heterocycles. The van der Waals surface area contributed by atoms with Crippen LogP contribution in [0.5, 0.6) is 0 Å². The summed E-state index contributed by atoms with van der Waals surface area (Å²) in [6.07, 6.45) is 2.73. The smallest absolute Gasteiger partial charge is 0.202 e. The number of nitrogens with zero attached hydrogens (tertiary/aromatic N) is 4. The largest absolute Gasteiger partial charge is 0.409 e. The van der Waals surface area contributed by atoms with Crippen molar-refractivity contribution < 1.29 is 5.21 Å². The van der Waals surface area contributed by atoms with Crippen LogP contribution >= 0.6 is 23.2 Å². The SMILES string of the molecule is O/N=C(/c1ccc(Cl)cc1Cl)n1cncn1. The van der Waals surface area contributed by atoms with Crippen molar-refractivity contribution in [1.82, 2.24) is 14.8 Å². The normalized spacial score (nSPS) is 11.8. The molecule has 0 bridgehead atoms. The average Bonchev–Trinajstić information content (AvgIpc) is 2.75. The van der Waals surface area contributed by atoms with Crippen LogP contribution in [-0.4, -0.2) is 25.8 Å². The first-order valence-electron chi connectivity index (χ1n) is 4.25. The molecule has 2 aromatic rings. The summed E-state index contributed by atoms with van der Waals surface area (Å²) in [4.78, 5) is 3.75. The van der Waals surface area contributed by atoms with Crippen LogP contribution < -0.4 is 0 Å². The van der Waals surface area contributed by atoms with Gasteiger partial charge in [-0.2, -0.15) is 9.78 Å². The molecule has 0 saturated heterocycles. The molecule has 1 aromatic carbocycles. The number of benzene rings is 1. The van der Waals surface area contributed by atoms with Gasteiger partial charge in [-0.05, 0) is 18.2 Å². The van der Waals surface area contributed by atoms with Crippen LogP contribution in [0.15, 0.2) is 36.0 Å². The lowest BCUT2D eigenvalue weighted by molar-refractivity contribution is 0.316. The minimum absolute atomic E-state index is 0.180. The van der Waals surface area contributed by atoms with Crippen LogP contribution in [0, 0.1) is 0 Å². The van der Waals surface area contributed by atoms with Gasteiger partial charge >= 0.3 is 0 Å². The predicted molar refractivity (Wildman–Crippen MR) is 60.2 cm³/mol. The lowest BCUT2D eigenvalue weighted by Crippen LogP contribution is -2.14. The Morgan fingerprint density at radius 1 is 1.38 bits per heavy atom. The molecule has 0 unspecified atom stereocenters. The third kappa shape index (κ3) is 2.00. The first kappa shape index (κ1) is 10.9. The van der Waals surface area contributed by atoms with Gasteiger partial charge in [0, 0.05) is 10.6 Å². The van der Waals surface area contributed by atoms with E-state index in [1.54, 1.807) is 18.2 Å². The van der Waals surface area contributed by atoms with E-state index < -0.39 is 0 Å². The van der Waals surface area contributed by atoms with Crippen molar-refractivity contribution in [3.05, 3.63) is 46.5 Å². The second-order valence-electron chi connectivity index (χ2n) is 2.89. The summed E-state index contributed by atoms with van der Waals surface area (Å²) in [5.74, 6) is 0.180. The fourth-order valence-electron chi connectivity index (χ4n) is 1.21. The van der Waals surface area contributed by atoms with Crippen LogP contribution in [0.1, 0.15) is 5.56 Å². The first-order valence-corrected chi connectivity index (χ1v) is 5.00. The number of hydrogen-bond acceptors (Lipinski definition) is 4. The minimum atomic E-state index is 0.180. The molecule has 82 valence electrons. The van der Waals surface area contributed by atoms with Crippen molar-refractivity contribution >= 4 is 29.0 Å². The summed E-state index contributed by atoms with van der Waals surface area (Å²) in [6, 6.07) is 4.84. The molecule has 0 radical (unpaired) electrons. The summed E-state index contributed by atoms with van der Waals surface area (Å²) in [7, 11) is 0. The predicted octanol–water partition coefficient (Wildman–Crippen LogP) is 2.27. The summed E-state index contributed by atoms with van der Waals surface area (Å²) in [5, 5.41) is 16.8. The quantitative estimate of drug-likeness (QED) is 0.369. The zero-order valence-corrected chi connectivity index (χ0v) is 9.39. The molecule has 5 nitrogen and oxygen atoms in total. The number of rotatable bonds is 1. The highest BCUT2D eigenvalue weighted by Gasteiger charge is 2.12. The Labute approximate surface area is 101 Å². The number of oxime groups is 1. The van der Waals surface area contributed by atoms with Gasteiger partial charge in [0.25, 0.3) is 0 Å². The van der Waals surface area contributed by atoms with Crippen LogP contribution in [0.25, 0.3) is 0 Å². The maximum Gasteiger partial charge on any atom is 0.202 e. The molecule has 7 heteroatoms. The first-order chi connectivity index (χ1) is 7.72. The van der Waals surface area contributed by atoms with Gasteiger partial charge in [0.2, 0.25) is 5.84 Å². The molecule has 16 heavy (non-hydrogen) atoms. The van der Waals surface area contributed by atoms with E-state index in [1.807, 2.05) is 0 Å². The second-order valence-corrected chi connectivity index (χ2v) is 3.73. The van der Waals surface area contributed by atoms with E-state index in [0.717, 1.165) is 0 Å².